The standard InChI is InChI=1S/C14H10Cl4O/c15-7-10-11(16)4-2-6-13(10)19-8-9-3-1-5-12(17)14(9)18/h1-6H,7-8H2. The average molecular weight is 336 g/mol. The smallest absolute Gasteiger partial charge is 0.125 e. The van der Waals surface area contributed by atoms with Crippen molar-refractivity contribution in [3.63, 3.8) is 0 Å². The van der Waals surface area contributed by atoms with Crippen LogP contribution in [-0.4, -0.2) is 0 Å². The summed E-state index contributed by atoms with van der Waals surface area (Å²) in [6.45, 7) is 0.309. The van der Waals surface area contributed by atoms with E-state index in [1.54, 1.807) is 12.1 Å². The summed E-state index contributed by atoms with van der Waals surface area (Å²) in [6.07, 6.45) is 0. The first-order valence-corrected chi connectivity index (χ1v) is 7.19. The maximum Gasteiger partial charge on any atom is 0.125 e. The van der Waals surface area contributed by atoms with Crippen molar-refractivity contribution in [3.8, 4) is 5.75 Å². The molecule has 0 aliphatic carbocycles. The second-order valence-electron chi connectivity index (χ2n) is 3.85. The Morgan fingerprint density at radius 1 is 0.895 bits per heavy atom. The van der Waals surface area contributed by atoms with E-state index in [2.05, 4.69) is 0 Å². The van der Waals surface area contributed by atoms with Crippen LogP contribution in [0.3, 0.4) is 0 Å². The minimum Gasteiger partial charge on any atom is -0.488 e. The Balaban J connectivity index is 2.19. The monoisotopic (exact) mass is 334 g/mol. The van der Waals surface area contributed by atoms with Crippen LogP contribution in [0.1, 0.15) is 11.1 Å². The van der Waals surface area contributed by atoms with Crippen molar-refractivity contribution >= 4 is 46.4 Å². The van der Waals surface area contributed by atoms with E-state index in [4.69, 9.17) is 51.1 Å². The number of hydrogen-bond donors (Lipinski definition) is 0. The summed E-state index contributed by atoms with van der Waals surface area (Å²) >= 11 is 24.0. The maximum atomic E-state index is 6.10. The zero-order valence-electron chi connectivity index (χ0n) is 9.80. The first-order chi connectivity index (χ1) is 9.13. The summed E-state index contributed by atoms with van der Waals surface area (Å²) in [5, 5.41) is 1.59. The second kappa shape index (κ2) is 6.71. The van der Waals surface area contributed by atoms with E-state index < -0.39 is 0 Å². The molecule has 0 bridgehead atoms. The average Bonchev–Trinajstić information content (AvgIpc) is 2.40. The van der Waals surface area contributed by atoms with Crippen LogP contribution in [0.5, 0.6) is 5.75 Å². The largest absolute Gasteiger partial charge is 0.488 e. The summed E-state index contributed by atoms with van der Waals surface area (Å²) in [5.41, 5.74) is 1.58. The van der Waals surface area contributed by atoms with Crippen molar-refractivity contribution in [2.24, 2.45) is 0 Å². The van der Waals surface area contributed by atoms with Gasteiger partial charge in [-0.05, 0) is 18.2 Å². The van der Waals surface area contributed by atoms with Gasteiger partial charge in [0.25, 0.3) is 0 Å². The van der Waals surface area contributed by atoms with Crippen LogP contribution in [0.2, 0.25) is 15.1 Å². The summed E-state index contributed by atoms with van der Waals surface area (Å²) in [7, 11) is 0. The first kappa shape index (κ1) is 14.8. The summed E-state index contributed by atoms with van der Waals surface area (Å²) in [5.74, 6) is 0.941. The molecule has 0 saturated carbocycles. The molecule has 0 saturated heterocycles. The Hall–Kier alpha value is -0.600. The van der Waals surface area contributed by atoms with Crippen molar-refractivity contribution in [3.05, 3.63) is 62.6 Å². The van der Waals surface area contributed by atoms with Crippen LogP contribution in [0.15, 0.2) is 36.4 Å². The van der Waals surface area contributed by atoms with E-state index in [1.165, 1.54) is 0 Å². The zero-order chi connectivity index (χ0) is 13.8. The molecule has 0 heterocycles. The van der Waals surface area contributed by atoms with Crippen LogP contribution in [0.25, 0.3) is 0 Å². The Morgan fingerprint density at radius 3 is 2.32 bits per heavy atom. The van der Waals surface area contributed by atoms with E-state index in [0.29, 0.717) is 27.4 Å². The normalized spacial score (nSPS) is 10.5. The highest BCUT2D eigenvalue weighted by molar-refractivity contribution is 6.42. The van der Waals surface area contributed by atoms with Crippen molar-refractivity contribution in [1.29, 1.82) is 0 Å². The molecule has 0 atom stereocenters. The highest BCUT2D eigenvalue weighted by atomic mass is 35.5. The van der Waals surface area contributed by atoms with Crippen molar-refractivity contribution in [1.82, 2.24) is 0 Å². The van der Waals surface area contributed by atoms with Gasteiger partial charge in [0.05, 0.1) is 15.9 Å². The third-order valence-electron chi connectivity index (χ3n) is 2.62. The first-order valence-electron chi connectivity index (χ1n) is 5.52. The Kier molecular flexibility index (Phi) is 5.23. The second-order valence-corrected chi connectivity index (χ2v) is 5.31. The maximum absolute atomic E-state index is 6.10. The molecule has 0 aliphatic rings. The summed E-state index contributed by atoms with van der Waals surface area (Å²) in [4.78, 5) is 0. The van der Waals surface area contributed by atoms with E-state index in [-0.39, 0.29) is 5.88 Å². The van der Waals surface area contributed by atoms with Gasteiger partial charge in [-0.15, -0.1) is 11.6 Å². The molecule has 2 aromatic rings. The van der Waals surface area contributed by atoms with Gasteiger partial charge in [0.1, 0.15) is 12.4 Å². The molecule has 1 nitrogen and oxygen atoms in total. The summed E-state index contributed by atoms with van der Waals surface area (Å²) < 4.78 is 5.72. The van der Waals surface area contributed by atoms with E-state index in [9.17, 15) is 0 Å². The molecule has 0 radical (unpaired) electrons. The van der Waals surface area contributed by atoms with Crippen LogP contribution < -0.4 is 4.74 Å². The van der Waals surface area contributed by atoms with E-state index in [0.717, 1.165) is 11.1 Å². The molecule has 0 unspecified atom stereocenters. The lowest BCUT2D eigenvalue weighted by molar-refractivity contribution is 0.304. The minimum atomic E-state index is 0.290. The van der Waals surface area contributed by atoms with Gasteiger partial charge in [-0.2, -0.15) is 0 Å². The molecule has 2 aromatic carbocycles. The zero-order valence-corrected chi connectivity index (χ0v) is 12.8. The molecule has 5 heteroatoms. The molecule has 2 rings (SSSR count). The van der Waals surface area contributed by atoms with Crippen LogP contribution in [0, 0.1) is 0 Å². The third-order valence-corrected chi connectivity index (χ3v) is 4.10. The Labute approximate surface area is 132 Å². The van der Waals surface area contributed by atoms with Crippen molar-refractivity contribution in [2.75, 3.05) is 0 Å². The predicted molar refractivity (Wildman–Crippen MR) is 81.8 cm³/mol. The number of benzene rings is 2. The minimum absolute atomic E-state index is 0.290. The lowest BCUT2D eigenvalue weighted by Crippen LogP contribution is -1.99. The fourth-order valence-corrected chi connectivity index (χ4v) is 2.57. The molecular weight excluding hydrogens is 326 g/mol. The third kappa shape index (κ3) is 3.49. The van der Waals surface area contributed by atoms with Gasteiger partial charge in [0, 0.05) is 16.1 Å². The van der Waals surface area contributed by atoms with Crippen LogP contribution in [-0.2, 0) is 12.5 Å². The topological polar surface area (TPSA) is 9.23 Å². The SMILES string of the molecule is ClCc1c(Cl)cccc1OCc1cccc(Cl)c1Cl. The quantitative estimate of drug-likeness (QED) is 0.626. The van der Waals surface area contributed by atoms with Crippen molar-refractivity contribution < 1.29 is 4.74 Å². The van der Waals surface area contributed by atoms with Gasteiger partial charge < -0.3 is 4.74 Å². The summed E-state index contributed by atoms with van der Waals surface area (Å²) in [6, 6.07) is 10.8. The van der Waals surface area contributed by atoms with Crippen LogP contribution >= 0.6 is 46.4 Å². The highest BCUT2D eigenvalue weighted by Crippen LogP contribution is 2.30. The lowest BCUT2D eigenvalue weighted by atomic mass is 10.2. The van der Waals surface area contributed by atoms with Gasteiger partial charge >= 0.3 is 0 Å². The molecule has 19 heavy (non-hydrogen) atoms. The highest BCUT2D eigenvalue weighted by Gasteiger charge is 2.09. The van der Waals surface area contributed by atoms with E-state index >= 15 is 0 Å². The van der Waals surface area contributed by atoms with Gasteiger partial charge in [0.15, 0.2) is 0 Å². The number of alkyl halides is 1. The van der Waals surface area contributed by atoms with Gasteiger partial charge in [-0.1, -0.05) is 53.0 Å². The van der Waals surface area contributed by atoms with Gasteiger partial charge in [0.2, 0.25) is 0 Å². The predicted octanol–water partition coefficient (Wildman–Crippen LogP) is 5.96. The molecule has 0 aromatic heterocycles. The molecular formula is C14H10Cl4O. The van der Waals surface area contributed by atoms with E-state index in [1.807, 2.05) is 24.3 Å². The Morgan fingerprint density at radius 2 is 1.58 bits per heavy atom. The van der Waals surface area contributed by atoms with Gasteiger partial charge in [-0.25, -0.2) is 0 Å². The molecule has 0 aliphatic heterocycles. The Bertz CT molecular complexity index is 584. The molecule has 0 amide bonds. The molecule has 100 valence electrons. The fourth-order valence-electron chi connectivity index (χ4n) is 1.62. The lowest BCUT2D eigenvalue weighted by Gasteiger charge is -2.12. The molecule has 0 fully saturated rings. The fraction of sp³-hybridized carbons (Fsp3) is 0.143. The van der Waals surface area contributed by atoms with Crippen molar-refractivity contribution in [2.45, 2.75) is 12.5 Å². The number of rotatable bonds is 4. The molecule has 0 spiro atoms. The molecule has 0 N–H and O–H groups in total. The van der Waals surface area contributed by atoms with Gasteiger partial charge in [-0.3, -0.25) is 0 Å². The number of halogens is 4. The number of hydrogen-bond acceptors (Lipinski definition) is 1. The number of ether oxygens (including phenoxy) is 1. The van der Waals surface area contributed by atoms with Crippen LogP contribution in [0.4, 0.5) is 0 Å².